The molecule has 4 nitrogen and oxygen atoms in total. The molecule has 0 spiro atoms. The van der Waals surface area contributed by atoms with E-state index >= 15 is 0 Å². The number of aryl methyl sites for hydroxylation is 1. The van der Waals surface area contributed by atoms with Crippen LogP contribution in [0, 0.1) is 6.92 Å². The van der Waals surface area contributed by atoms with Crippen LogP contribution in [0.2, 0.25) is 5.02 Å². The first-order valence-corrected chi connectivity index (χ1v) is 9.18. The lowest BCUT2D eigenvalue weighted by molar-refractivity contribution is -0.116. The number of benzene rings is 2. The van der Waals surface area contributed by atoms with E-state index in [4.69, 9.17) is 11.6 Å². The summed E-state index contributed by atoms with van der Waals surface area (Å²) in [6.07, 6.45) is 3.29. The number of halogens is 1. The first-order valence-electron chi connectivity index (χ1n) is 8.80. The Bertz CT molecular complexity index is 975. The minimum Gasteiger partial charge on any atom is -0.310 e. The highest BCUT2D eigenvalue weighted by molar-refractivity contribution is 6.31. The van der Waals surface area contributed by atoms with Crippen molar-refractivity contribution in [3.05, 3.63) is 75.9 Å². The molecule has 0 saturated heterocycles. The molecule has 2 aromatic carbocycles. The van der Waals surface area contributed by atoms with Crippen molar-refractivity contribution in [2.24, 2.45) is 0 Å². The van der Waals surface area contributed by atoms with Gasteiger partial charge in [0.1, 0.15) is 5.82 Å². The van der Waals surface area contributed by atoms with Gasteiger partial charge in [-0.15, -0.1) is 0 Å². The van der Waals surface area contributed by atoms with Crippen LogP contribution < -0.4 is 5.32 Å². The minimum atomic E-state index is 0.00324. The van der Waals surface area contributed by atoms with E-state index in [1.54, 1.807) is 4.68 Å². The van der Waals surface area contributed by atoms with Gasteiger partial charge in [-0.05, 0) is 42.2 Å². The smallest absolute Gasteiger partial charge is 0.226 e. The molecule has 3 aromatic rings. The van der Waals surface area contributed by atoms with E-state index < -0.39 is 0 Å². The molecule has 0 radical (unpaired) electrons. The Labute approximate surface area is 157 Å². The molecule has 1 aromatic heterocycles. The van der Waals surface area contributed by atoms with Gasteiger partial charge in [-0.1, -0.05) is 48.9 Å². The average molecular weight is 366 g/mol. The van der Waals surface area contributed by atoms with Crippen LogP contribution in [0.4, 0.5) is 5.82 Å². The monoisotopic (exact) mass is 365 g/mol. The van der Waals surface area contributed by atoms with E-state index in [9.17, 15) is 4.79 Å². The molecule has 132 valence electrons. The van der Waals surface area contributed by atoms with Crippen molar-refractivity contribution in [3.8, 4) is 5.69 Å². The van der Waals surface area contributed by atoms with Crippen LogP contribution in [0.1, 0.15) is 41.5 Å². The first kappa shape index (κ1) is 16.9. The van der Waals surface area contributed by atoms with E-state index in [2.05, 4.69) is 41.6 Å². The molecule has 1 amide bonds. The third-order valence-corrected chi connectivity index (χ3v) is 5.49. The molecule has 2 heterocycles. The van der Waals surface area contributed by atoms with Gasteiger partial charge in [-0.25, -0.2) is 4.68 Å². The topological polar surface area (TPSA) is 46.9 Å². The average Bonchev–Trinajstić information content (AvgIpc) is 3.07. The zero-order valence-corrected chi connectivity index (χ0v) is 15.5. The van der Waals surface area contributed by atoms with Crippen LogP contribution in [-0.2, 0) is 11.2 Å². The highest BCUT2D eigenvalue weighted by atomic mass is 35.5. The van der Waals surface area contributed by atoms with Crippen LogP contribution in [-0.4, -0.2) is 15.7 Å². The number of hydrogen-bond donors (Lipinski definition) is 1. The van der Waals surface area contributed by atoms with E-state index in [0.29, 0.717) is 11.4 Å². The SMILES string of the molecule is CCc1ccc([C@H]2CC(=O)Nc3c2cnn3-c2cccc(Cl)c2C)cc1. The molecular weight excluding hydrogens is 346 g/mol. The Balaban J connectivity index is 1.81. The second-order valence-electron chi connectivity index (χ2n) is 6.64. The summed E-state index contributed by atoms with van der Waals surface area (Å²) in [7, 11) is 0. The third-order valence-electron chi connectivity index (χ3n) is 5.08. The molecule has 26 heavy (non-hydrogen) atoms. The normalized spacial score (nSPS) is 16.3. The zero-order chi connectivity index (χ0) is 18.3. The summed E-state index contributed by atoms with van der Waals surface area (Å²) >= 11 is 6.27. The fourth-order valence-electron chi connectivity index (χ4n) is 3.51. The number of aromatic nitrogens is 2. The Kier molecular flexibility index (Phi) is 4.29. The summed E-state index contributed by atoms with van der Waals surface area (Å²) in [5, 5.41) is 8.23. The highest BCUT2D eigenvalue weighted by Crippen LogP contribution is 2.38. The maximum absolute atomic E-state index is 12.4. The molecule has 0 saturated carbocycles. The highest BCUT2D eigenvalue weighted by Gasteiger charge is 2.30. The summed E-state index contributed by atoms with van der Waals surface area (Å²) in [6.45, 7) is 4.09. The molecule has 4 rings (SSSR count). The molecular formula is C21H20ClN3O. The molecule has 1 aliphatic rings. The summed E-state index contributed by atoms with van der Waals surface area (Å²) in [5.41, 5.74) is 5.28. The van der Waals surface area contributed by atoms with Crippen molar-refractivity contribution >= 4 is 23.3 Å². The van der Waals surface area contributed by atoms with Gasteiger partial charge in [-0.3, -0.25) is 4.79 Å². The Morgan fingerprint density at radius 3 is 2.73 bits per heavy atom. The number of hydrogen-bond acceptors (Lipinski definition) is 2. The standard InChI is InChI=1S/C21H20ClN3O/c1-3-14-7-9-15(10-8-14)16-11-20(26)24-21-17(16)12-23-25(21)19-6-4-5-18(22)13(19)2/h4-10,12,16H,3,11H2,1-2H3,(H,24,26)/t16-/m1/s1. The van der Waals surface area contributed by atoms with Crippen LogP contribution in [0.5, 0.6) is 0 Å². The van der Waals surface area contributed by atoms with E-state index in [-0.39, 0.29) is 11.8 Å². The lowest BCUT2D eigenvalue weighted by Crippen LogP contribution is -2.24. The van der Waals surface area contributed by atoms with Crippen molar-refractivity contribution < 1.29 is 4.79 Å². The van der Waals surface area contributed by atoms with E-state index in [0.717, 1.165) is 34.6 Å². The van der Waals surface area contributed by atoms with Crippen LogP contribution in [0.25, 0.3) is 5.69 Å². The fourth-order valence-corrected chi connectivity index (χ4v) is 3.68. The molecule has 0 bridgehead atoms. The maximum Gasteiger partial charge on any atom is 0.226 e. The van der Waals surface area contributed by atoms with Crippen LogP contribution in [0.15, 0.2) is 48.7 Å². The van der Waals surface area contributed by atoms with Gasteiger partial charge < -0.3 is 5.32 Å². The Hall–Kier alpha value is -2.59. The minimum absolute atomic E-state index is 0.00324. The zero-order valence-electron chi connectivity index (χ0n) is 14.8. The van der Waals surface area contributed by atoms with Crippen LogP contribution in [0.3, 0.4) is 0 Å². The predicted molar refractivity (Wildman–Crippen MR) is 104 cm³/mol. The quantitative estimate of drug-likeness (QED) is 0.719. The van der Waals surface area contributed by atoms with E-state index in [1.165, 1.54) is 5.56 Å². The lowest BCUT2D eigenvalue weighted by atomic mass is 9.87. The summed E-state index contributed by atoms with van der Waals surface area (Å²) in [6, 6.07) is 14.2. The lowest BCUT2D eigenvalue weighted by Gasteiger charge is -2.24. The Morgan fingerprint density at radius 2 is 2.00 bits per heavy atom. The van der Waals surface area contributed by atoms with Gasteiger partial charge in [0.2, 0.25) is 5.91 Å². The van der Waals surface area contributed by atoms with Gasteiger partial charge in [0, 0.05) is 22.9 Å². The number of fused-ring (bicyclic) bond motifs is 1. The van der Waals surface area contributed by atoms with Crippen molar-refractivity contribution in [2.75, 3.05) is 5.32 Å². The van der Waals surface area contributed by atoms with Crippen molar-refractivity contribution in [1.82, 2.24) is 9.78 Å². The number of nitrogens with one attached hydrogen (secondary N) is 1. The summed E-state index contributed by atoms with van der Waals surface area (Å²) < 4.78 is 1.78. The number of carbonyl (C=O) groups is 1. The second kappa shape index (κ2) is 6.61. The number of rotatable bonds is 3. The largest absolute Gasteiger partial charge is 0.310 e. The van der Waals surface area contributed by atoms with Gasteiger partial charge in [0.05, 0.1) is 11.9 Å². The number of anilines is 1. The third kappa shape index (κ3) is 2.80. The van der Waals surface area contributed by atoms with Gasteiger partial charge in [0.25, 0.3) is 0 Å². The van der Waals surface area contributed by atoms with Gasteiger partial charge >= 0.3 is 0 Å². The molecule has 0 aliphatic carbocycles. The van der Waals surface area contributed by atoms with E-state index in [1.807, 2.05) is 31.3 Å². The number of nitrogens with zero attached hydrogens (tertiary/aromatic N) is 2. The Morgan fingerprint density at radius 1 is 1.23 bits per heavy atom. The number of carbonyl (C=O) groups excluding carboxylic acids is 1. The molecule has 1 N–H and O–H groups in total. The van der Waals surface area contributed by atoms with Gasteiger partial charge in [0.15, 0.2) is 0 Å². The van der Waals surface area contributed by atoms with Gasteiger partial charge in [-0.2, -0.15) is 5.10 Å². The van der Waals surface area contributed by atoms with Crippen LogP contribution >= 0.6 is 11.6 Å². The number of amides is 1. The summed E-state index contributed by atoms with van der Waals surface area (Å²) in [5.74, 6) is 0.748. The molecule has 5 heteroatoms. The second-order valence-corrected chi connectivity index (χ2v) is 7.05. The predicted octanol–water partition coefficient (Wildman–Crippen LogP) is 4.87. The fraction of sp³-hybridized carbons (Fsp3) is 0.238. The van der Waals surface area contributed by atoms with Crippen molar-refractivity contribution in [3.63, 3.8) is 0 Å². The maximum atomic E-state index is 12.4. The summed E-state index contributed by atoms with van der Waals surface area (Å²) in [4.78, 5) is 12.4. The molecule has 1 atom stereocenters. The molecule has 0 unspecified atom stereocenters. The molecule has 1 aliphatic heterocycles. The van der Waals surface area contributed by atoms with Crippen molar-refractivity contribution in [2.45, 2.75) is 32.6 Å². The van der Waals surface area contributed by atoms with Crippen molar-refractivity contribution in [1.29, 1.82) is 0 Å². The first-order chi connectivity index (χ1) is 12.6. The molecule has 0 fully saturated rings.